The lowest BCUT2D eigenvalue weighted by Gasteiger charge is -2.25. The van der Waals surface area contributed by atoms with Crippen LogP contribution in [0.4, 0.5) is 0 Å². The van der Waals surface area contributed by atoms with Crippen LogP contribution in [-0.4, -0.2) is 42.0 Å². The lowest BCUT2D eigenvalue weighted by molar-refractivity contribution is -0.139. The Morgan fingerprint density at radius 3 is 2.38 bits per heavy atom. The Balaban J connectivity index is 2.06. The molecule has 1 saturated heterocycles. The Bertz CT molecular complexity index is 1020. The van der Waals surface area contributed by atoms with E-state index in [-0.39, 0.29) is 11.3 Å². The van der Waals surface area contributed by atoms with Gasteiger partial charge in [-0.3, -0.25) is 9.59 Å². The second-order valence-electron chi connectivity index (χ2n) is 8.45. The van der Waals surface area contributed by atoms with Crippen molar-refractivity contribution in [3.8, 4) is 11.5 Å². The van der Waals surface area contributed by atoms with Gasteiger partial charge in [-0.1, -0.05) is 32.9 Å². The minimum Gasteiger partial charge on any atom is -0.507 e. The predicted molar refractivity (Wildman–Crippen MR) is 124 cm³/mol. The number of aliphatic hydroxyl groups excluding tert-OH is 1. The van der Waals surface area contributed by atoms with Gasteiger partial charge in [-0.2, -0.15) is 0 Å². The van der Waals surface area contributed by atoms with Gasteiger partial charge in [0.05, 0.1) is 25.3 Å². The summed E-state index contributed by atoms with van der Waals surface area (Å²) in [6, 6.07) is 11.9. The molecular weight excluding hydrogens is 406 g/mol. The number of rotatable bonds is 8. The normalized spacial score (nSPS) is 17.8. The number of amides is 1. The third kappa shape index (κ3) is 4.64. The average molecular weight is 438 g/mol. The van der Waals surface area contributed by atoms with Crippen molar-refractivity contribution >= 4 is 17.4 Å². The molecule has 0 aliphatic carbocycles. The molecule has 0 spiro atoms. The molecule has 0 saturated carbocycles. The van der Waals surface area contributed by atoms with Crippen LogP contribution in [0.3, 0.4) is 0 Å². The number of benzene rings is 2. The highest BCUT2D eigenvalue weighted by Gasteiger charge is 2.45. The van der Waals surface area contributed by atoms with Crippen molar-refractivity contribution in [3.63, 3.8) is 0 Å². The lowest BCUT2D eigenvalue weighted by atomic mass is 9.94. The number of aryl methyl sites for hydroxylation is 1. The molecule has 3 rings (SSSR count). The third-order valence-corrected chi connectivity index (χ3v) is 5.45. The van der Waals surface area contributed by atoms with Gasteiger partial charge in [-0.05, 0) is 60.7 Å². The van der Waals surface area contributed by atoms with Gasteiger partial charge in [0, 0.05) is 12.1 Å². The van der Waals surface area contributed by atoms with Crippen molar-refractivity contribution in [2.24, 2.45) is 5.92 Å². The highest BCUT2D eigenvalue weighted by atomic mass is 16.5. The number of aliphatic hydroxyl groups is 1. The Hall–Kier alpha value is -3.28. The van der Waals surface area contributed by atoms with Crippen molar-refractivity contribution in [1.29, 1.82) is 0 Å². The Kier molecular flexibility index (Phi) is 7.23. The Labute approximate surface area is 189 Å². The molecule has 1 heterocycles. The Morgan fingerprint density at radius 1 is 1.12 bits per heavy atom. The van der Waals surface area contributed by atoms with Crippen LogP contribution in [0.15, 0.2) is 48.0 Å². The van der Waals surface area contributed by atoms with E-state index in [9.17, 15) is 14.7 Å². The summed E-state index contributed by atoms with van der Waals surface area (Å²) in [5.74, 6) is 0.359. The molecule has 0 bridgehead atoms. The van der Waals surface area contributed by atoms with Crippen LogP contribution < -0.4 is 9.47 Å². The maximum Gasteiger partial charge on any atom is 0.295 e. The summed E-state index contributed by atoms with van der Waals surface area (Å²) in [5.41, 5.74) is 2.15. The molecule has 2 aromatic rings. The molecule has 2 aromatic carbocycles. The summed E-state index contributed by atoms with van der Waals surface area (Å²) in [5, 5.41) is 11.1. The second-order valence-corrected chi connectivity index (χ2v) is 8.45. The van der Waals surface area contributed by atoms with E-state index in [1.807, 2.05) is 38.1 Å². The molecule has 170 valence electrons. The van der Waals surface area contributed by atoms with E-state index in [1.165, 1.54) is 4.90 Å². The van der Waals surface area contributed by atoms with Gasteiger partial charge in [-0.15, -0.1) is 0 Å². The van der Waals surface area contributed by atoms with Crippen LogP contribution in [0.2, 0.25) is 0 Å². The van der Waals surface area contributed by atoms with Crippen LogP contribution in [0.1, 0.15) is 49.9 Å². The molecule has 0 radical (unpaired) electrons. The number of likely N-dealkylation sites (tertiary alicyclic amines) is 1. The standard InChI is InChI=1S/C26H31NO5/c1-6-13-27-23(18-7-10-20(11-8-18)32-15-16(2)3)22(25(29)26(27)30)24(28)19-9-12-21(31-5)17(4)14-19/h7-12,14,16,23,28H,6,13,15H2,1-5H3/b24-22-. The van der Waals surface area contributed by atoms with E-state index in [1.54, 1.807) is 25.3 Å². The summed E-state index contributed by atoms with van der Waals surface area (Å²) in [6.45, 7) is 8.98. The zero-order valence-electron chi connectivity index (χ0n) is 19.3. The van der Waals surface area contributed by atoms with E-state index in [2.05, 4.69) is 13.8 Å². The fourth-order valence-electron chi connectivity index (χ4n) is 3.89. The van der Waals surface area contributed by atoms with Crippen LogP contribution >= 0.6 is 0 Å². The molecular formula is C26H31NO5. The number of ether oxygens (including phenoxy) is 2. The molecule has 1 amide bonds. The van der Waals surface area contributed by atoms with Gasteiger partial charge in [0.2, 0.25) is 0 Å². The number of methoxy groups -OCH3 is 1. The average Bonchev–Trinajstić information content (AvgIpc) is 3.02. The highest BCUT2D eigenvalue weighted by Crippen LogP contribution is 2.40. The van der Waals surface area contributed by atoms with Gasteiger partial charge in [-0.25, -0.2) is 0 Å². The van der Waals surface area contributed by atoms with Gasteiger partial charge >= 0.3 is 0 Å². The van der Waals surface area contributed by atoms with Crippen molar-refractivity contribution in [2.75, 3.05) is 20.3 Å². The molecule has 6 nitrogen and oxygen atoms in total. The minimum absolute atomic E-state index is 0.101. The van der Waals surface area contributed by atoms with Crippen molar-refractivity contribution in [1.82, 2.24) is 4.90 Å². The number of nitrogens with zero attached hydrogens (tertiary/aromatic N) is 1. The topological polar surface area (TPSA) is 76.1 Å². The first kappa shape index (κ1) is 23.4. The molecule has 1 aliphatic heterocycles. The number of ketones is 1. The molecule has 1 unspecified atom stereocenters. The van der Waals surface area contributed by atoms with Gasteiger partial charge < -0.3 is 19.5 Å². The molecule has 6 heteroatoms. The molecule has 1 atom stereocenters. The Morgan fingerprint density at radius 2 is 1.81 bits per heavy atom. The second kappa shape index (κ2) is 9.90. The van der Waals surface area contributed by atoms with Gasteiger partial charge in [0.1, 0.15) is 17.3 Å². The maximum absolute atomic E-state index is 13.0. The lowest BCUT2D eigenvalue weighted by Crippen LogP contribution is -2.30. The van der Waals surface area contributed by atoms with Crippen LogP contribution in [-0.2, 0) is 9.59 Å². The summed E-state index contributed by atoms with van der Waals surface area (Å²) in [4.78, 5) is 27.3. The molecule has 1 fully saturated rings. The van der Waals surface area contributed by atoms with E-state index in [0.717, 1.165) is 16.9 Å². The minimum atomic E-state index is -0.672. The fraction of sp³-hybridized carbons (Fsp3) is 0.385. The maximum atomic E-state index is 13.0. The number of carbonyl (C=O) groups excluding carboxylic acids is 2. The third-order valence-electron chi connectivity index (χ3n) is 5.45. The van der Waals surface area contributed by atoms with Crippen LogP contribution in [0, 0.1) is 12.8 Å². The van der Waals surface area contributed by atoms with Crippen molar-refractivity contribution < 1.29 is 24.2 Å². The zero-order valence-corrected chi connectivity index (χ0v) is 19.3. The number of hydrogen-bond donors (Lipinski definition) is 1. The van der Waals surface area contributed by atoms with E-state index >= 15 is 0 Å². The summed E-state index contributed by atoms with van der Waals surface area (Å²) in [6.07, 6.45) is 0.695. The summed E-state index contributed by atoms with van der Waals surface area (Å²) < 4.78 is 11.0. The smallest absolute Gasteiger partial charge is 0.295 e. The highest BCUT2D eigenvalue weighted by molar-refractivity contribution is 6.46. The van der Waals surface area contributed by atoms with E-state index < -0.39 is 17.7 Å². The van der Waals surface area contributed by atoms with E-state index in [0.29, 0.717) is 36.8 Å². The monoisotopic (exact) mass is 437 g/mol. The quantitative estimate of drug-likeness (QED) is 0.362. The molecule has 0 aromatic heterocycles. The van der Waals surface area contributed by atoms with Gasteiger partial charge in [0.15, 0.2) is 0 Å². The first-order valence-corrected chi connectivity index (χ1v) is 10.9. The summed E-state index contributed by atoms with van der Waals surface area (Å²) >= 11 is 0. The number of Topliss-reactive ketones (excluding diaryl/α,β-unsaturated/α-hetero) is 1. The molecule has 1 aliphatic rings. The number of hydrogen-bond acceptors (Lipinski definition) is 5. The summed E-state index contributed by atoms with van der Waals surface area (Å²) in [7, 11) is 1.58. The fourth-order valence-corrected chi connectivity index (χ4v) is 3.89. The molecule has 32 heavy (non-hydrogen) atoms. The first-order chi connectivity index (χ1) is 15.3. The number of carbonyl (C=O) groups is 2. The van der Waals surface area contributed by atoms with Crippen molar-refractivity contribution in [2.45, 2.75) is 40.2 Å². The SMILES string of the molecule is CCCN1C(=O)C(=O)/C(=C(\O)c2ccc(OC)c(C)c2)C1c1ccc(OCC(C)C)cc1. The van der Waals surface area contributed by atoms with Crippen LogP contribution in [0.5, 0.6) is 11.5 Å². The van der Waals surface area contributed by atoms with Crippen LogP contribution in [0.25, 0.3) is 5.76 Å². The van der Waals surface area contributed by atoms with Crippen molar-refractivity contribution in [3.05, 3.63) is 64.7 Å². The van der Waals surface area contributed by atoms with E-state index in [4.69, 9.17) is 9.47 Å². The largest absolute Gasteiger partial charge is 0.507 e. The molecule has 1 N–H and O–H groups in total. The van der Waals surface area contributed by atoms with Gasteiger partial charge in [0.25, 0.3) is 11.7 Å². The first-order valence-electron chi connectivity index (χ1n) is 10.9. The predicted octanol–water partition coefficient (Wildman–Crippen LogP) is 4.87. The zero-order chi connectivity index (χ0) is 23.4.